The van der Waals surface area contributed by atoms with Gasteiger partial charge in [-0.1, -0.05) is 19.0 Å². The maximum absolute atomic E-state index is 12.3. The summed E-state index contributed by atoms with van der Waals surface area (Å²) in [5, 5.41) is 6.72. The number of hydrogen-bond acceptors (Lipinski definition) is 5. The SMILES string of the molecule is CC(C)c1noc(-c2ccc(NC(=O)N3CCC[C@H]3C(N)=O)cc2)n1. The standard InChI is InChI=1S/C17H21N5O3/c1-10(2)15-20-16(25-21-15)11-5-7-12(8-6-11)19-17(24)22-9-3-4-13(22)14(18)23/h5-8,10,13H,3-4,9H2,1-2H3,(H2,18,23)(H,19,24)/t13-/m0/s1. The number of amides is 3. The Labute approximate surface area is 145 Å². The number of aromatic nitrogens is 2. The van der Waals surface area contributed by atoms with Crippen molar-refractivity contribution < 1.29 is 14.1 Å². The van der Waals surface area contributed by atoms with Crippen LogP contribution in [0.25, 0.3) is 11.5 Å². The summed E-state index contributed by atoms with van der Waals surface area (Å²) < 4.78 is 5.25. The molecule has 0 radical (unpaired) electrons. The first-order valence-corrected chi connectivity index (χ1v) is 8.26. The predicted molar refractivity (Wildman–Crippen MR) is 91.8 cm³/mol. The first-order chi connectivity index (χ1) is 12.0. The van der Waals surface area contributed by atoms with E-state index in [0.717, 1.165) is 12.0 Å². The van der Waals surface area contributed by atoms with Crippen LogP contribution in [-0.2, 0) is 4.79 Å². The van der Waals surface area contributed by atoms with Crippen molar-refractivity contribution in [1.29, 1.82) is 0 Å². The van der Waals surface area contributed by atoms with Gasteiger partial charge in [0.15, 0.2) is 5.82 Å². The van der Waals surface area contributed by atoms with Crippen LogP contribution in [-0.4, -0.2) is 39.6 Å². The number of likely N-dealkylation sites (tertiary alicyclic amines) is 1. The van der Waals surface area contributed by atoms with Crippen molar-refractivity contribution in [2.75, 3.05) is 11.9 Å². The zero-order chi connectivity index (χ0) is 18.0. The van der Waals surface area contributed by atoms with Crippen LogP contribution < -0.4 is 11.1 Å². The number of carbonyl (C=O) groups excluding carboxylic acids is 2. The molecule has 3 N–H and O–H groups in total. The highest BCUT2D eigenvalue weighted by molar-refractivity contribution is 5.93. The molecule has 1 fully saturated rings. The van der Waals surface area contributed by atoms with Gasteiger partial charge in [-0.25, -0.2) is 4.79 Å². The van der Waals surface area contributed by atoms with Gasteiger partial charge >= 0.3 is 6.03 Å². The van der Waals surface area contributed by atoms with Crippen molar-refractivity contribution in [3.05, 3.63) is 30.1 Å². The zero-order valence-electron chi connectivity index (χ0n) is 14.2. The zero-order valence-corrected chi connectivity index (χ0v) is 14.2. The summed E-state index contributed by atoms with van der Waals surface area (Å²) in [5.74, 6) is 0.809. The molecular formula is C17H21N5O3. The first kappa shape index (κ1) is 16.9. The van der Waals surface area contributed by atoms with E-state index in [-0.39, 0.29) is 11.9 Å². The van der Waals surface area contributed by atoms with Crippen molar-refractivity contribution in [3.63, 3.8) is 0 Å². The lowest BCUT2D eigenvalue weighted by atomic mass is 10.2. The summed E-state index contributed by atoms with van der Waals surface area (Å²) in [5.41, 5.74) is 6.73. The quantitative estimate of drug-likeness (QED) is 0.884. The molecule has 1 aliphatic heterocycles. The monoisotopic (exact) mass is 343 g/mol. The number of nitrogens with one attached hydrogen (secondary N) is 1. The normalized spacial score (nSPS) is 17.1. The van der Waals surface area contributed by atoms with E-state index in [2.05, 4.69) is 15.5 Å². The molecule has 1 aliphatic rings. The number of rotatable bonds is 4. The number of hydrogen-bond donors (Lipinski definition) is 2. The molecule has 1 saturated heterocycles. The number of carbonyl (C=O) groups is 2. The summed E-state index contributed by atoms with van der Waals surface area (Å²) in [6, 6.07) is 6.23. The Morgan fingerprint density at radius 2 is 2.04 bits per heavy atom. The van der Waals surface area contributed by atoms with Crippen molar-refractivity contribution in [2.45, 2.75) is 38.6 Å². The second kappa shape index (κ2) is 6.92. The third-order valence-electron chi connectivity index (χ3n) is 4.18. The van der Waals surface area contributed by atoms with Crippen LogP contribution in [0.4, 0.5) is 10.5 Å². The summed E-state index contributed by atoms with van der Waals surface area (Å²) in [6.07, 6.45) is 1.38. The van der Waals surface area contributed by atoms with E-state index in [0.29, 0.717) is 30.4 Å². The van der Waals surface area contributed by atoms with Gasteiger partial charge in [-0.15, -0.1) is 0 Å². The van der Waals surface area contributed by atoms with E-state index in [1.54, 1.807) is 24.3 Å². The Morgan fingerprint density at radius 3 is 2.64 bits per heavy atom. The van der Waals surface area contributed by atoms with Gasteiger partial charge in [0.25, 0.3) is 5.89 Å². The number of benzene rings is 1. The minimum atomic E-state index is -0.535. The van der Waals surface area contributed by atoms with E-state index in [1.165, 1.54) is 4.90 Å². The molecule has 1 atom stereocenters. The molecule has 0 saturated carbocycles. The van der Waals surface area contributed by atoms with Gasteiger partial charge in [0.05, 0.1) is 0 Å². The lowest BCUT2D eigenvalue weighted by Gasteiger charge is -2.22. The van der Waals surface area contributed by atoms with Crippen LogP contribution in [0.1, 0.15) is 38.4 Å². The van der Waals surface area contributed by atoms with Crippen molar-refractivity contribution in [1.82, 2.24) is 15.0 Å². The molecule has 0 aliphatic carbocycles. The fraction of sp³-hybridized carbons (Fsp3) is 0.412. The van der Waals surface area contributed by atoms with Crippen molar-refractivity contribution >= 4 is 17.6 Å². The second-order valence-electron chi connectivity index (χ2n) is 6.37. The molecule has 0 bridgehead atoms. The topological polar surface area (TPSA) is 114 Å². The van der Waals surface area contributed by atoms with Crippen LogP contribution in [0.2, 0.25) is 0 Å². The summed E-state index contributed by atoms with van der Waals surface area (Å²) >= 11 is 0. The molecule has 25 heavy (non-hydrogen) atoms. The van der Waals surface area contributed by atoms with Gasteiger partial charge in [0.1, 0.15) is 6.04 Å². The maximum atomic E-state index is 12.3. The highest BCUT2D eigenvalue weighted by Gasteiger charge is 2.32. The number of nitrogens with two attached hydrogens (primary N) is 1. The van der Waals surface area contributed by atoms with Crippen LogP contribution in [0.3, 0.4) is 0 Å². The van der Waals surface area contributed by atoms with Gasteiger partial charge in [-0.3, -0.25) is 4.79 Å². The van der Waals surface area contributed by atoms with Gasteiger partial charge in [0.2, 0.25) is 5.91 Å². The molecule has 132 valence electrons. The number of nitrogens with zero attached hydrogens (tertiary/aromatic N) is 3. The van der Waals surface area contributed by atoms with Crippen LogP contribution in [0.5, 0.6) is 0 Å². The van der Waals surface area contributed by atoms with Gasteiger partial charge in [0, 0.05) is 23.7 Å². The Balaban J connectivity index is 1.68. The summed E-state index contributed by atoms with van der Waals surface area (Å²) in [7, 11) is 0. The van der Waals surface area contributed by atoms with E-state index in [9.17, 15) is 9.59 Å². The molecule has 2 aromatic rings. The molecule has 0 unspecified atom stereocenters. The molecule has 1 aromatic heterocycles. The molecule has 0 spiro atoms. The third-order valence-corrected chi connectivity index (χ3v) is 4.18. The van der Waals surface area contributed by atoms with Crippen LogP contribution >= 0.6 is 0 Å². The Morgan fingerprint density at radius 1 is 1.32 bits per heavy atom. The third kappa shape index (κ3) is 3.62. The van der Waals surface area contributed by atoms with Crippen LogP contribution in [0, 0.1) is 0 Å². The number of anilines is 1. The lowest BCUT2D eigenvalue weighted by molar-refractivity contribution is -0.121. The minimum Gasteiger partial charge on any atom is -0.368 e. The van der Waals surface area contributed by atoms with E-state index in [1.807, 2.05) is 13.8 Å². The fourth-order valence-electron chi connectivity index (χ4n) is 2.78. The maximum Gasteiger partial charge on any atom is 0.322 e. The average Bonchev–Trinajstić information content (AvgIpc) is 3.25. The highest BCUT2D eigenvalue weighted by atomic mass is 16.5. The summed E-state index contributed by atoms with van der Waals surface area (Å²) in [4.78, 5) is 29.5. The summed E-state index contributed by atoms with van der Waals surface area (Å²) in [6.45, 7) is 4.51. The van der Waals surface area contributed by atoms with E-state index in [4.69, 9.17) is 10.3 Å². The van der Waals surface area contributed by atoms with Crippen molar-refractivity contribution in [2.24, 2.45) is 5.73 Å². The molecular weight excluding hydrogens is 322 g/mol. The predicted octanol–water partition coefficient (Wildman–Crippen LogP) is 2.34. The average molecular weight is 343 g/mol. The lowest BCUT2D eigenvalue weighted by Crippen LogP contribution is -2.45. The van der Waals surface area contributed by atoms with E-state index < -0.39 is 11.9 Å². The van der Waals surface area contributed by atoms with Gasteiger partial charge in [-0.05, 0) is 37.1 Å². The van der Waals surface area contributed by atoms with Crippen LogP contribution in [0.15, 0.2) is 28.8 Å². The second-order valence-corrected chi connectivity index (χ2v) is 6.37. The molecule has 3 amide bonds. The van der Waals surface area contributed by atoms with E-state index >= 15 is 0 Å². The molecule has 2 heterocycles. The van der Waals surface area contributed by atoms with Crippen molar-refractivity contribution in [3.8, 4) is 11.5 Å². The number of urea groups is 1. The molecule has 8 nitrogen and oxygen atoms in total. The Bertz CT molecular complexity index is 769. The Kier molecular flexibility index (Phi) is 4.69. The first-order valence-electron chi connectivity index (χ1n) is 8.26. The molecule has 1 aromatic carbocycles. The smallest absolute Gasteiger partial charge is 0.322 e. The fourth-order valence-corrected chi connectivity index (χ4v) is 2.78. The minimum absolute atomic E-state index is 0.190. The van der Waals surface area contributed by atoms with Gasteiger partial charge < -0.3 is 20.5 Å². The molecule has 3 rings (SSSR count). The molecule has 8 heteroatoms. The largest absolute Gasteiger partial charge is 0.368 e. The van der Waals surface area contributed by atoms with Gasteiger partial charge in [-0.2, -0.15) is 4.98 Å². The highest BCUT2D eigenvalue weighted by Crippen LogP contribution is 2.23. The Hall–Kier alpha value is -2.90. The number of primary amides is 1.